The van der Waals surface area contributed by atoms with E-state index in [4.69, 9.17) is 9.47 Å². The average molecular weight is 214 g/mol. The molecule has 4 nitrogen and oxygen atoms in total. The molecule has 0 fully saturated rings. The number of hydrogen-bond donors (Lipinski definition) is 0. The summed E-state index contributed by atoms with van der Waals surface area (Å²) in [6, 6.07) is 0. The van der Waals surface area contributed by atoms with Crippen LogP contribution in [-0.4, -0.2) is 24.8 Å². The lowest BCUT2D eigenvalue weighted by molar-refractivity contribution is -0.137. The van der Waals surface area contributed by atoms with Crippen molar-refractivity contribution in [3.63, 3.8) is 0 Å². The van der Waals surface area contributed by atoms with E-state index in [9.17, 15) is 9.59 Å². The van der Waals surface area contributed by atoms with E-state index < -0.39 is 5.97 Å². The lowest BCUT2D eigenvalue weighted by Gasteiger charge is -1.95. The van der Waals surface area contributed by atoms with Crippen LogP contribution in [0.4, 0.5) is 0 Å². The van der Waals surface area contributed by atoms with Crippen molar-refractivity contribution in [1.29, 1.82) is 0 Å². The fourth-order valence-electron chi connectivity index (χ4n) is 0.888. The Balaban J connectivity index is 2.69. The number of esters is 1. The highest BCUT2D eigenvalue weighted by atomic mass is 32.2. The minimum absolute atomic E-state index is 0.192. The molecule has 1 rings (SSSR count). The molecule has 1 heterocycles. The van der Waals surface area contributed by atoms with E-state index in [0.717, 1.165) is 11.8 Å². The van der Waals surface area contributed by atoms with Crippen LogP contribution in [-0.2, 0) is 19.1 Å². The maximum Gasteiger partial charge on any atom is 0.331 e. The van der Waals surface area contributed by atoms with Crippen molar-refractivity contribution in [2.45, 2.75) is 6.92 Å². The molecule has 0 N–H and O–H groups in total. The van der Waals surface area contributed by atoms with E-state index in [0.29, 0.717) is 11.5 Å². The molecule has 0 spiro atoms. The number of carbonyl (C=O) groups excluding carboxylic acids is 2. The first-order valence-corrected chi connectivity index (χ1v) is 4.85. The lowest BCUT2D eigenvalue weighted by Crippen LogP contribution is -1.99. The fraction of sp³-hybridized carbons (Fsp3) is 0.333. The predicted octanol–water partition coefficient (Wildman–Crippen LogP) is 1.24. The van der Waals surface area contributed by atoms with Crippen molar-refractivity contribution in [1.82, 2.24) is 0 Å². The summed E-state index contributed by atoms with van der Waals surface area (Å²) < 4.78 is 9.49. The maximum absolute atomic E-state index is 11.1. The van der Waals surface area contributed by atoms with Gasteiger partial charge in [0.15, 0.2) is 5.76 Å². The molecule has 0 amide bonds. The normalized spacial score (nSPS) is 18.3. The minimum Gasteiger partial charge on any atom is -0.492 e. The molecule has 0 aromatic heterocycles. The number of thioether (sulfide) groups is 1. The quantitative estimate of drug-likeness (QED) is 0.522. The molecule has 0 aliphatic carbocycles. The summed E-state index contributed by atoms with van der Waals surface area (Å²) in [5, 5.41) is -0.192. The Labute approximate surface area is 85.9 Å². The van der Waals surface area contributed by atoms with Crippen LogP contribution in [0.1, 0.15) is 6.92 Å². The third kappa shape index (κ3) is 2.63. The van der Waals surface area contributed by atoms with Crippen molar-refractivity contribution in [3.05, 3.63) is 22.8 Å². The topological polar surface area (TPSA) is 52.6 Å². The first-order valence-electron chi connectivity index (χ1n) is 4.03. The van der Waals surface area contributed by atoms with Crippen LogP contribution in [0.25, 0.3) is 0 Å². The van der Waals surface area contributed by atoms with Crippen LogP contribution in [0.2, 0.25) is 0 Å². The molecule has 5 heteroatoms. The summed E-state index contributed by atoms with van der Waals surface area (Å²) in [4.78, 5) is 22.7. The van der Waals surface area contributed by atoms with Crippen LogP contribution < -0.4 is 0 Å². The molecule has 1 aliphatic heterocycles. The Morgan fingerprint density at radius 2 is 2.36 bits per heavy atom. The van der Waals surface area contributed by atoms with Crippen LogP contribution >= 0.6 is 11.8 Å². The largest absolute Gasteiger partial charge is 0.492 e. The molecular formula is C9H10O4S. The van der Waals surface area contributed by atoms with Gasteiger partial charge in [0.05, 0.1) is 13.7 Å². The van der Waals surface area contributed by atoms with Crippen molar-refractivity contribution >= 4 is 22.8 Å². The smallest absolute Gasteiger partial charge is 0.331 e. The molecule has 0 radical (unpaired) electrons. The Kier molecular flexibility index (Phi) is 3.76. The summed E-state index contributed by atoms with van der Waals surface area (Å²) in [5.41, 5.74) is 0. The molecular weight excluding hydrogens is 204 g/mol. The van der Waals surface area contributed by atoms with Gasteiger partial charge in [-0.1, -0.05) is 0 Å². The van der Waals surface area contributed by atoms with Gasteiger partial charge in [0.1, 0.15) is 0 Å². The Bertz CT molecular complexity index is 317. The zero-order valence-electron chi connectivity index (χ0n) is 7.90. The van der Waals surface area contributed by atoms with Gasteiger partial charge in [-0.25, -0.2) is 4.79 Å². The second-order valence-electron chi connectivity index (χ2n) is 2.40. The van der Waals surface area contributed by atoms with Gasteiger partial charge in [-0.3, -0.25) is 4.79 Å². The monoisotopic (exact) mass is 214 g/mol. The first-order chi connectivity index (χ1) is 6.67. The number of ether oxygens (including phenoxy) is 2. The Hall–Kier alpha value is -1.23. The molecule has 76 valence electrons. The van der Waals surface area contributed by atoms with E-state index in [-0.39, 0.29) is 10.9 Å². The highest BCUT2D eigenvalue weighted by Gasteiger charge is 2.21. The predicted molar refractivity (Wildman–Crippen MR) is 52.4 cm³/mol. The highest BCUT2D eigenvalue weighted by molar-refractivity contribution is 8.18. The van der Waals surface area contributed by atoms with E-state index in [1.165, 1.54) is 19.3 Å². The molecule has 1 aliphatic rings. The third-order valence-electron chi connectivity index (χ3n) is 1.45. The second kappa shape index (κ2) is 4.85. The van der Waals surface area contributed by atoms with Crippen LogP contribution in [0, 0.1) is 0 Å². The summed E-state index contributed by atoms with van der Waals surface area (Å²) >= 11 is 0.956. The zero-order valence-corrected chi connectivity index (χ0v) is 8.72. The number of allylic oxidation sites excluding steroid dienone is 1. The molecule has 14 heavy (non-hydrogen) atoms. The second-order valence-corrected chi connectivity index (χ2v) is 3.45. The molecule has 0 saturated heterocycles. The molecule has 0 aromatic rings. The number of methoxy groups -OCH3 is 1. The number of rotatable bonds is 3. The van der Waals surface area contributed by atoms with Crippen molar-refractivity contribution in [2.75, 3.05) is 13.7 Å². The van der Waals surface area contributed by atoms with Crippen LogP contribution in [0.15, 0.2) is 22.8 Å². The van der Waals surface area contributed by atoms with Gasteiger partial charge in [0.2, 0.25) is 0 Å². The van der Waals surface area contributed by atoms with Crippen LogP contribution in [0.5, 0.6) is 0 Å². The Morgan fingerprint density at radius 3 is 2.86 bits per heavy atom. The maximum atomic E-state index is 11.1. The molecule has 0 atom stereocenters. The fourth-order valence-corrected chi connectivity index (χ4v) is 1.67. The van der Waals surface area contributed by atoms with Gasteiger partial charge in [0, 0.05) is 11.0 Å². The minimum atomic E-state index is -0.448. The van der Waals surface area contributed by atoms with Gasteiger partial charge in [0.25, 0.3) is 5.12 Å². The van der Waals surface area contributed by atoms with Gasteiger partial charge >= 0.3 is 5.97 Å². The standard InChI is InChI=1S/C9H10O4S/c1-3-13-8(10)5-6-4-7(12-2)9(11)14-6/h4-5H,3H2,1-2H3/b6-5-. The average Bonchev–Trinajstić information content (AvgIpc) is 2.46. The van der Waals surface area contributed by atoms with Crippen molar-refractivity contribution in [3.8, 4) is 0 Å². The van der Waals surface area contributed by atoms with Gasteiger partial charge in [-0.05, 0) is 24.8 Å². The number of carbonyl (C=O) groups is 2. The van der Waals surface area contributed by atoms with Gasteiger partial charge in [-0.15, -0.1) is 0 Å². The van der Waals surface area contributed by atoms with E-state index in [2.05, 4.69) is 0 Å². The van der Waals surface area contributed by atoms with E-state index >= 15 is 0 Å². The molecule has 0 saturated carbocycles. The number of hydrogen-bond acceptors (Lipinski definition) is 5. The van der Waals surface area contributed by atoms with Gasteiger partial charge in [-0.2, -0.15) is 0 Å². The zero-order chi connectivity index (χ0) is 10.6. The highest BCUT2D eigenvalue weighted by Crippen LogP contribution is 2.30. The SMILES string of the molecule is CCOC(=O)/C=C1/C=C(OC)C(=O)S1. The molecule has 0 unspecified atom stereocenters. The van der Waals surface area contributed by atoms with Crippen LogP contribution in [0.3, 0.4) is 0 Å². The summed E-state index contributed by atoms with van der Waals surface area (Å²) in [6.45, 7) is 2.04. The van der Waals surface area contributed by atoms with Gasteiger partial charge < -0.3 is 9.47 Å². The lowest BCUT2D eigenvalue weighted by atomic mass is 10.4. The van der Waals surface area contributed by atoms with Crippen molar-refractivity contribution < 1.29 is 19.1 Å². The van der Waals surface area contributed by atoms with E-state index in [1.54, 1.807) is 6.92 Å². The van der Waals surface area contributed by atoms with Crippen molar-refractivity contribution in [2.24, 2.45) is 0 Å². The molecule has 0 bridgehead atoms. The summed E-state index contributed by atoms with van der Waals surface area (Å²) in [6.07, 6.45) is 2.79. The Morgan fingerprint density at radius 1 is 1.64 bits per heavy atom. The molecule has 0 aromatic carbocycles. The summed E-state index contributed by atoms with van der Waals surface area (Å²) in [7, 11) is 1.41. The summed E-state index contributed by atoms with van der Waals surface area (Å²) in [5.74, 6) is -0.193. The van der Waals surface area contributed by atoms with E-state index in [1.807, 2.05) is 0 Å². The first kappa shape index (κ1) is 10.8. The third-order valence-corrected chi connectivity index (χ3v) is 2.31.